The minimum absolute atomic E-state index is 0.237. The van der Waals surface area contributed by atoms with Crippen molar-refractivity contribution in [2.45, 2.75) is 6.18 Å². The molecule has 0 spiro atoms. The zero-order valence-electron chi connectivity index (χ0n) is 12.7. The molecule has 0 aliphatic carbocycles. The Bertz CT molecular complexity index is 759. The largest absolute Gasteiger partial charge is 0.497 e. The first-order valence-corrected chi connectivity index (χ1v) is 6.66. The minimum Gasteiger partial charge on any atom is -0.497 e. The van der Waals surface area contributed by atoms with Crippen molar-refractivity contribution in [2.75, 3.05) is 19.5 Å². The van der Waals surface area contributed by atoms with Gasteiger partial charge in [-0.25, -0.2) is 4.39 Å². The predicted molar refractivity (Wildman–Crippen MR) is 78.9 cm³/mol. The molecule has 0 unspecified atom stereocenters. The number of halogens is 4. The average molecular weight is 343 g/mol. The van der Waals surface area contributed by atoms with Crippen LogP contribution < -0.4 is 14.8 Å². The summed E-state index contributed by atoms with van der Waals surface area (Å²) in [5, 5.41) is 2.42. The van der Waals surface area contributed by atoms with E-state index in [2.05, 4.69) is 5.32 Å². The summed E-state index contributed by atoms with van der Waals surface area (Å²) in [6.45, 7) is 0. The number of alkyl halides is 3. The highest BCUT2D eigenvalue weighted by Crippen LogP contribution is 2.33. The van der Waals surface area contributed by atoms with Crippen molar-refractivity contribution < 1.29 is 31.8 Å². The van der Waals surface area contributed by atoms with Gasteiger partial charge in [-0.15, -0.1) is 0 Å². The van der Waals surface area contributed by atoms with Crippen LogP contribution in [0.15, 0.2) is 36.4 Å². The first kappa shape index (κ1) is 17.6. The van der Waals surface area contributed by atoms with Crippen LogP contribution in [0.4, 0.5) is 23.2 Å². The van der Waals surface area contributed by atoms with E-state index in [0.717, 1.165) is 6.07 Å². The van der Waals surface area contributed by atoms with Crippen LogP contribution in [0.2, 0.25) is 0 Å². The topological polar surface area (TPSA) is 47.6 Å². The van der Waals surface area contributed by atoms with E-state index in [4.69, 9.17) is 9.47 Å². The molecule has 0 bridgehead atoms. The lowest BCUT2D eigenvalue weighted by Gasteiger charge is -2.13. The molecule has 0 atom stereocenters. The standard InChI is InChI=1S/C16H13F4NO3/c1-23-10-4-6-13(14(8-10)24-2)21-15(22)9-3-5-12(17)11(7-9)16(18,19)20/h3-8H,1-2H3,(H,21,22). The summed E-state index contributed by atoms with van der Waals surface area (Å²) in [5.74, 6) is -1.53. The first-order chi connectivity index (χ1) is 11.3. The number of amides is 1. The first-order valence-electron chi connectivity index (χ1n) is 6.66. The molecule has 8 heteroatoms. The Morgan fingerprint density at radius 1 is 1.04 bits per heavy atom. The summed E-state index contributed by atoms with van der Waals surface area (Å²) in [6.07, 6.45) is -4.89. The van der Waals surface area contributed by atoms with E-state index in [9.17, 15) is 22.4 Å². The summed E-state index contributed by atoms with van der Waals surface area (Å²) in [5.41, 5.74) is -1.60. The van der Waals surface area contributed by atoms with Crippen LogP contribution in [-0.2, 0) is 6.18 Å². The number of carbonyl (C=O) groups is 1. The van der Waals surface area contributed by atoms with Gasteiger partial charge in [-0.1, -0.05) is 0 Å². The molecule has 1 amide bonds. The highest BCUT2D eigenvalue weighted by Gasteiger charge is 2.34. The fourth-order valence-corrected chi connectivity index (χ4v) is 1.98. The van der Waals surface area contributed by atoms with E-state index in [-0.39, 0.29) is 17.0 Å². The van der Waals surface area contributed by atoms with Crippen molar-refractivity contribution in [3.05, 3.63) is 53.3 Å². The van der Waals surface area contributed by atoms with Crippen molar-refractivity contribution in [1.29, 1.82) is 0 Å². The molecule has 2 rings (SSSR count). The Labute approximate surface area is 135 Å². The SMILES string of the molecule is COc1ccc(NC(=O)c2ccc(F)c(C(F)(F)F)c2)c(OC)c1. The number of hydrogen-bond donors (Lipinski definition) is 1. The number of hydrogen-bond acceptors (Lipinski definition) is 3. The molecule has 0 fully saturated rings. The third-order valence-corrected chi connectivity index (χ3v) is 3.19. The van der Waals surface area contributed by atoms with E-state index in [1.807, 2.05) is 0 Å². The molecular formula is C16H13F4NO3. The number of nitrogens with one attached hydrogen (secondary N) is 1. The summed E-state index contributed by atoms with van der Waals surface area (Å²) in [7, 11) is 2.81. The monoisotopic (exact) mass is 343 g/mol. The van der Waals surface area contributed by atoms with Crippen molar-refractivity contribution in [3.63, 3.8) is 0 Å². The Hall–Kier alpha value is -2.77. The predicted octanol–water partition coefficient (Wildman–Crippen LogP) is 4.11. The van der Waals surface area contributed by atoms with Crippen LogP contribution in [0, 0.1) is 5.82 Å². The lowest BCUT2D eigenvalue weighted by molar-refractivity contribution is -0.140. The van der Waals surface area contributed by atoms with Gasteiger partial charge in [-0.3, -0.25) is 4.79 Å². The van der Waals surface area contributed by atoms with Gasteiger partial charge in [0.05, 0.1) is 25.5 Å². The molecular weight excluding hydrogens is 330 g/mol. The third-order valence-electron chi connectivity index (χ3n) is 3.19. The highest BCUT2D eigenvalue weighted by molar-refractivity contribution is 6.05. The number of benzene rings is 2. The smallest absolute Gasteiger partial charge is 0.419 e. The van der Waals surface area contributed by atoms with Crippen LogP contribution in [0.5, 0.6) is 11.5 Å². The minimum atomic E-state index is -4.89. The van der Waals surface area contributed by atoms with Crippen LogP contribution in [-0.4, -0.2) is 20.1 Å². The average Bonchev–Trinajstić information content (AvgIpc) is 2.54. The summed E-state index contributed by atoms with van der Waals surface area (Å²) < 4.78 is 61.5. The van der Waals surface area contributed by atoms with Gasteiger partial charge in [0.1, 0.15) is 17.3 Å². The molecule has 0 heterocycles. The van der Waals surface area contributed by atoms with Crippen molar-refractivity contribution in [1.82, 2.24) is 0 Å². The second kappa shape index (κ2) is 6.77. The molecule has 24 heavy (non-hydrogen) atoms. The number of ether oxygens (including phenoxy) is 2. The second-order valence-corrected chi connectivity index (χ2v) is 4.71. The normalized spacial score (nSPS) is 11.1. The van der Waals surface area contributed by atoms with Gasteiger partial charge in [-0.2, -0.15) is 13.2 Å². The lowest BCUT2D eigenvalue weighted by Crippen LogP contribution is -2.15. The summed E-state index contributed by atoms with van der Waals surface area (Å²) in [6, 6.07) is 6.55. The van der Waals surface area contributed by atoms with Crippen LogP contribution in [0.3, 0.4) is 0 Å². The number of anilines is 1. The molecule has 4 nitrogen and oxygen atoms in total. The lowest BCUT2D eigenvalue weighted by atomic mass is 10.1. The molecule has 1 N–H and O–H groups in total. The Kier molecular flexibility index (Phi) is 4.96. The molecule has 0 saturated carbocycles. The zero-order valence-corrected chi connectivity index (χ0v) is 12.7. The maximum absolute atomic E-state index is 13.3. The van der Waals surface area contributed by atoms with Crippen molar-refractivity contribution in [3.8, 4) is 11.5 Å². The molecule has 2 aromatic rings. The van der Waals surface area contributed by atoms with Crippen molar-refractivity contribution in [2.24, 2.45) is 0 Å². The molecule has 0 aromatic heterocycles. The Morgan fingerprint density at radius 2 is 1.75 bits per heavy atom. The van der Waals surface area contributed by atoms with E-state index in [1.165, 1.54) is 26.4 Å². The number of methoxy groups -OCH3 is 2. The van der Waals surface area contributed by atoms with Crippen LogP contribution >= 0.6 is 0 Å². The van der Waals surface area contributed by atoms with Gasteiger partial charge < -0.3 is 14.8 Å². The third kappa shape index (κ3) is 3.76. The van der Waals surface area contributed by atoms with Gasteiger partial charge >= 0.3 is 6.18 Å². The maximum Gasteiger partial charge on any atom is 0.419 e. The van der Waals surface area contributed by atoms with E-state index < -0.39 is 23.5 Å². The van der Waals surface area contributed by atoms with E-state index >= 15 is 0 Å². The van der Waals surface area contributed by atoms with Gasteiger partial charge in [-0.05, 0) is 30.3 Å². The Balaban J connectivity index is 2.31. The van der Waals surface area contributed by atoms with Gasteiger partial charge in [0, 0.05) is 11.6 Å². The molecule has 0 aliphatic rings. The van der Waals surface area contributed by atoms with Gasteiger partial charge in [0.2, 0.25) is 0 Å². The molecule has 128 valence electrons. The van der Waals surface area contributed by atoms with E-state index in [0.29, 0.717) is 17.9 Å². The van der Waals surface area contributed by atoms with Gasteiger partial charge in [0.25, 0.3) is 5.91 Å². The zero-order chi connectivity index (χ0) is 17.9. The second-order valence-electron chi connectivity index (χ2n) is 4.71. The molecule has 0 radical (unpaired) electrons. The van der Waals surface area contributed by atoms with E-state index in [1.54, 1.807) is 6.07 Å². The maximum atomic E-state index is 13.3. The highest BCUT2D eigenvalue weighted by atomic mass is 19.4. The summed E-state index contributed by atoms with van der Waals surface area (Å²) in [4.78, 5) is 12.1. The molecule has 2 aromatic carbocycles. The summed E-state index contributed by atoms with van der Waals surface area (Å²) >= 11 is 0. The van der Waals surface area contributed by atoms with Crippen LogP contribution in [0.25, 0.3) is 0 Å². The Morgan fingerprint density at radius 3 is 2.33 bits per heavy atom. The van der Waals surface area contributed by atoms with Gasteiger partial charge in [0.15, 0.2) is 0 Å². The fraction of sp³-hybridized carbons (Fsp3) is 0.188. The quantitative estimate of drug-likeness (QED) is 0.850. The van der Waals surface area contributed by atoms with Crippen molar-refractivity contribution >= 4 is 11.6 Å². The molecule has 0 saturated heterocycles. The number of rotatable bonds is 4. The fourth-order valence-electron chi connectivity index (χ4n) is 1.98. The van der Waals surface area contributed by atoms with Crippen LogP contribution in [0.1, 0.15) is 15.9 Å². The molecule has 0 aliphatic heterocycles. The number of carbonyl (C=O) groups excluding carboxylic acids is 1.